The van der Waals surface area contributed by atoms with Crippen LogP contribution in [-0.2, 0) is 0 Å². The third-order valence-electron chi connectivity index (χ3n) is 3.96. The summed E-state index contributed by atoms with van der Waals surface area (Å²) in [4.78, 5) is 13.0. The number of benzene rings is 1. The second kappa shape index (κ2) is 6.50. The highest BCUT2D eigenvalue weighted by atomic mass is 32.2. The maximum absolute atomic E-state index is 12.3. The number of methoxy groups -OCH3 is 1. The van der Waals surface area contributed by atoms with E-state index in [9.17, 15) is 4.79 Å². The number of nitrogens with zero attached hydrogens (tertiary/aromatic N) is 3. The van der Waals surface area contributed by atoms with Gasteiger partial charge in [-0.15, -0.1) is 21.5 Å². The molecule has 0 fully saturated rings. The third-order valence-corrected chi connectivity index (χ3v) is 5.80. The van der Waals surface area contributed by atoms with Gasteiger partial charge in [0.25, 0.3) is 0 Å². The topological polar surface area (TPSA) is 56.5 Å². The predicted molar refractivity (Wildman–Crippen MR) is 101 cm³/mol. The number of carbonyl (C=O) groups is 1. The molecule has 1 aromatic carbocycles. The maximum Gasteiger partial charge on any atom is 0.196 e. The van der Waals surface area contributed by atoms with Crippen molar-refractivity contribution in [2.24, 2.45) is 0 Å². The zero-order valence-corrected chi connectivity index (χ0v) is 15.4. The van der Waals surface area contributed by atoms with Crippen molar-refractivity contribution in [3.8, 4) is 5.75 Å². The number of carbonyl (C=O) groups excluding carboxylic acids is 1. The molecule has 0 atom stereocenters. The van der Waals surface area contributed by atoms with Crippen molar-refractivity contribution in [3.05, 3.63) is 52.2 Å². The summed E-state index contributed by atoms with van der Waals surface area (Å²) in [7, 11) is 1.66. The summed E-state index contributed by atoms with van der Waals surface area (Å²) in [6.45, 7) is 2.01. The standard InChI is InChI=1S/C18H15N3O2S2/c1-11-8-12-9-13(23-2)5-6-14(12)21-17(11)19-20-18(21)25-10-15(22)16-4-3-7-24-16/h3-9H,10H2,1-2H3. The number of hydrogen-bond acceptors (Lipinski definition) is 6. The molecular weight excluding hydrogens is 354 g/mol. The van der Waals surface area contributed by atoms with Crippen LogP contribution in [0, 0.1) is 6.92 Å². The Morgan fingerprint density at radius 3 is 2.92 bits per heavy atom. The van der Waals surface area contributed by atoms with E-state index in [1.165, 1.54) is 23.1 Å². The molecule has 4 aromatic rings. The van der Waals surface area contributed by atoms with E-state index < -0.39 is 0 Å². The van der Waals surface area contributed by atoms with E-state index >= 15 is 0 Å². The van der Waals surface area contributed by atoms with Gasteiger partial charge in [-0.05, 0) is 48.2 Å². The lowest BCUT2D eigenvalue weighted by molar-refractivity contribution is 0.102. The number of ether oxygens (including phenoxy) is 1. The Labute approximate surface area is 152 Å². The first-order valence-electron chi connectivity index (χ1n) is 7.69. The molecule has 126 valence electrons. The van der Waals surface area contributed by atoms with Gasteiger partial charge < -0.3 is 4.74 Å². The SMILES string of the molecule is COc1ccc2c(c1)cc(C)c1nnc(SCC(=O)c3cccs3)n12. The number of aryl methyl sites for hydroxylation is 1. The van der Waals surface area contributed by atoms with Crippen molar-refractivity contribution in [1.29, 1.82) is 0 Å². The summed E-state index contributed by atoms with van der Waals surface area (Å²) in [6, 6.07) is 11.7. The number of fused-ring (bicyclic) bond motifs is 3. The van der Waals surface area contributed by atoms with Gasteiger partial charge in [-0.3, -0.25) is 9.20 Å². The van der Waals surface area contributed by atoms with Crippen LogP contribution >= 0.6 is 23.1 Å². The molecule has 4 rings (SSSR count). The van der Waals surface area contributed by atoms with E-state index in [0.717, 1.165) is 37.9 Å². The molecule has 0 aliphatic carbocycles. The number of hydrogen-bond donors (Lipinski definition) is 0. The van der Waals surface area contributed by atoms with Gasteiger partial charge in [0.05, 0.1) is 23.3 Å². The molecule has 0 aliphatic heterocycles. The molecule has 3 aromatic heterocycles. The summed E-state index contributed by atoms with van der Waals surface area (Å²) in [6.07, 6.45) is 0. The lowest BCUT2D eigenvalue weighted by Gasteiger charge is -2.08. The van der Waals surface area contributed by atoms with Crippen molar-refractivity contribution in [2.75, 3.05) is 12.9 Å². The Morgan fingerprint density at radius 1 is 1.28 bits per heavy atom. The van der Waals surface area contributed by atoms with E-state index in [1.54, 1.807) is 7.11 Å². The molecular formula is C18H15N3O2S2. The van der Waals surface area contributed by atoms with Crippen molar-refractivity contribution in [3.63, 3.8) is 0 Å². The normalized spacial score (nSPS) is 11.3. The Hall–Kier alpha value is -2.38. The van der Waals surface area contributed by atoms with Gasteiger partial charge in [-0.1, -0.05) is 17.8 Å². The fourth-order valence-electron chi connectivity index (χ4n) is 2.75. The lowest BCUT2D eigenvalue weighted by atomic mass is 10.1. The Morgan fingerprint density at radius 2 is 2.16 bits per heavy atom. The average molecular weight is 369 g/mol. The number of thioether (sulfide) groups is 1. The van der Waals surface area contributed by atoms with Crippen molar-refractivity contribution < 1.29 is 9.53 Å². The molecule has 0 saturated carbocycles. The Kier molecular flexibility index (Phi) is 4.19. The van der Waals surface area contributed by atoms with E-state index in [2.05, 4.69) is 16.3 Å². The molecule has 0 unspecified atom stereocenters. The molecule has 25 heavy (non-hydrogen) atoms. The van der Waals surface area contributed by atoms with Gasteiger partial charge in [-0.2, -0.15) is 0 Å². The Bertz CT molecular complexity index is 1070. The van der Waals surface area contributed by atoms with Crippen molar-refractivity contribution >= 4 is 45.4 Å². The van der Waals surface area contributed by atoms with Gasteiger partial charge in [0.1, 0.15) is 5.75 Å². The minimum atomic E-state index is 0.107. The van der Waals surface area contributed by atoms with E-state index in [-0.39, 0.29) is 5.78 Å². The summed E-state index contributed by atoms with van der Waals surface area (Å²) >= 11 is 2.87. The fraction of sp³-hybridized carbons (Fsp3) is 0.167. The smallest absolute Gasteiger partial charge is 0.196 e. The van der Waals surface area contributed by atoms with Crippen LogP contribution < -0.4 is 4.74 Å². The summed E-state index contributed by atoms with van der Waals surface area (Å²) in [5.74, 6) is 1.25. The van der Waals surface area contributed by atoms with Crippen molar-refractivity contribution in [1.82, 2.24) is 14.6 Å². The third kappa shape index (κ3) is 2.89. The molecule has 5 nitrogen and oxygen atoms in total. The van der Waals surface area contributed by atoms with E-state index in [0.29, 0.717) is 5.75 Å². The minimum Gasteiger partial charge on any atom is -0.497 e. The highest BCUT2D eigenvalue weighted by Crippen LogP contribution is 2.28. The molecule has 0 amide bonds. The van der Waals surface area contributed by atoms with E-state index in [4.69, 9.17) is 4.74 Å². The summed E-state index contributed by atoms with van der Waals surface area (Å²) in [5.41, 5.74) is 2.84. The zero-order valence-electron chi connectivity index (χ0n) is 13.7. The highest BCUT2D eigenvalue weighted by molar-refractivity contribution is 7.99. The average Bonchev–Trinajstić information content (AvgIpc) is 3.29. The van der Waals surface area contributed by atoms with Crippen LogP contribution in [0.3, 0.4) is 0 Å². The number of pyridine rings is 1. The summed E-state index contributed by atoms with van der Waals surface area (Å²) in [5, 5.41) is 12.3. The first kappa shape index (κ1) is 16.1. The number of thiophene rings is 1. The largest absolute Gasteiger partial charge is 0.497 e. The second-order valence-corrected chi connectivity index (χ2v) is 7.47. The quantitative estimate of drug-likeness (QED) is 0.389. The number of aromatic nitrogens is 3. The predicted octanol–water partition coefficient (Wildman–Crippen LogP) is 4.24. The molecule has 0 spiro atoms. The van der Waals surface area contributed by atoms with Gasteiger partial charge in [-0.25, -0.2) is 0 Å². The first-order chi connectivity index (χ1) is 12.2. The molecule has 0 saturated heterocycles. The minimum absolute atomic E-state index is 0.107. The zero-order chi connectivity index (χ0) is 17.4. The summed E-state index contributed by atoms with van der Waals surface area (Å²) < 4.78 is 7.33. The van der Waals surface area contributed by atoms with Crippen molar-refractivity contribution in [2.45, 2.75) is 12.1 Å². The van der Waals surface area contributed by atoms with Crippen LogP contribution in [0.5, 0.6) is 5.75 Å². The van der Waals surface area contributed by atoms with Crippen LogP contribution in [0.4, 0.5) is 0 Å². The van der Waals surface area contributed by atoms with E-state index in [1.807, 2.05) is 47.0 Å². The monoisotopic (exact) mass is 369 g/mol. The fourth-order valence-corrected chi connectivity index (χ4v) is 4.34. The lowest BCUT2D eigenvalue weighted by Crippen LogP contribution is -2.01. The van der Waals surface area contributed by atoms with Crippen LogP contribution in [0.2, 0.25) is 0 Å². The second-order valence-electron chi connectivity index (χ2n) is 5.58. The molecule has 3 heterocycles. The maximum atomic E-state index is 12.3. The van der Waals surface area contributed by atoms with Gasteiger partial charge in [0.2, 0.25) is 0 Å². The van der Waals surface area contributed by atoms with Gasteiger partial charge in [0.15, 0.2) is 16.6 Å². The molecule has 0 bridgehead atoms. The number of rotatable bonds is 5. The highest BCUT2D eigenvalue weighted by Gasteiger charge is 2.15. The Balaban J connectivity index is 1.75. The molecule has 0 aliphatic rings. The van der Waals surface area contributed by atoms with Crippen LogP contribution in [-0.4, -0.2) is 33.2 Å². The molecule has 7 heteroatoms. The van der Waals surface area contributed by atoms with Crippen LogP contribution in [0.1, 0.15) is 15.2 Å². The van der Waals surface area contributed by atoms with Gasteiger partial charge >= 0.3 is 0 Å². The molecule has 0 radical (unpaired) electrons. The number of Topliss-reactive ketones (excluding diaryl/α,β-unsaturated/α-hetero) is 1. The van der Waals surface area contributed by atoms with Crippen LogP contribution in [0.15, 0.2) is 46.9 Å². The first-order valence-corrected chi connectivity index (χ1v) is 9.56. The van der Waals surface area contributed by atoms with Crippen LogP contribution in [0.25, 0.3) is 16.6 Å². The number of ketones is 1. The molecule has 0 N–H and O–H groups in total. The van der Waals surface area contributed by atoms with Gasteiger partial charge in [0, 0.05) is 5.39 Å².